The molecule has 0 bridgehead atoms. The summed E-state index contributed by atoms with van der Waals surface area (Å²) in [5.41, 5.74) is 2.32. The first-order chi connectivity index (χ1) is 8.27. The average molecular weight is 231 g/mol. The highest BCUT2D eigenvalue weighted by molar-refractivity contribution is 5.83. The lowest BCUT2D eigenvalue weighted by atomic mass is 10.1. The Hall–Kier alpha value is -2.30. The van der Waals surface area contributed by atoms with E-state index in [1.807, 2.05) is 24.4 Å². The Morgan fingerprint density at radius 3 is 3.06 bits per heavy atom. The SMILES string of the molecule is O=[N+]([O-])/C=C/NCCc1c[nH]c2ccccc12. The normalized spacial score (nSPS) is 11.1. The van der Waals surface area contributed by atoms with Gasteiger partial charge in [0.1, 0.15) is 0 Å². The number of H-pyrrole nitrogens is 1. The Morgan fingerprint density at radius 2 is 2.24 bits per heavy atom. The Kier molecular flexibility index (Phi) is 3.40. The van der Waals surface area contributed by atoms with Crippen molar-refractivity contribution in [2.75, 3.05) is 6.54 Å². The summed E-state index contributed by atoms with van der Waals surface area (Å²) in [5.74, 6) is 0. The van der Waals surface area contributed by atoms with E-state index < -0.39 is 4.92 Å². The molecule has 0 unspecified atom stereocenters. The standard InChI is InChI=1S/C12H13N3O2/c16-15(17)8-7-13-6-5-10-9-14-12-4-2-1-3-11(10)12/h1-4,7-9,13-14H,5-6H2/b8-7+. The predicted molar refractivity (Wildman–Crippen MR) is 66.1 cm³/mol. The van der Waals surface area contributed by atoms with E-state index in [0.717, 1.165) is 18.1 Å². The van der Waals surface area contributed by atoms with Crippen LogP contribution in [0.5, 0.6) is 0 Å². The second-order valence-electron chi connectivity index (χ2n) is 3.66. The second kappa shape index (κ2) is 5.16. The van der Waals surface area contributed by atoms with E-state index in [4.69, 9.17) is 0 Å². The summed E-state index contributed by atoms with van der Waals surface area (Å²) in [7, 11) is 0. The minimum atomic E-state index is -0.487. The number of aromatic nitrogens is 1. The van der Waals surface area contributed by atoms with Gasteiger partial charge in [0.2, 0.25) is 6.20 Å². The van der Waals surface area contributed by atoms with Gasteiger partial charge in [-0.1, -0.05) is 18.2 Å². The van der Waals surface area contributed by atoms with E-state index in [0.29, 0.717) is 6.54 Å². The first-order valence-electron chi connectivity index (χ1n) is 5.36. The number of benzene rings is 1. The highest BCUT2D eigenvalue weighted by Gasteiger charge is 2.01. The molecule has 5 nitrogen and oxygen atoms in total. The van der Waals surface area contributed by atoms with Crippen molar-refractivity contribution in [3.05, 3.63) is 58.5 Å². The molecule has 0 aliphatic carbocycles. The second-order valence-corrected chi connectivity index (χ2v) is 3.66. The molecule has 0 spiro atoms. The third-order valence-electron chi connectivity index (χ3n) is 2.53. The summed E-state index contributed by atoms with van der Waals surface area (Å²) in [6.07, 6.45) is 5.06. The predicted octanol–water partition coefficient (Wildman–Crippen LogP) is 2.05. The molecule has 1 aromatic carbocycles. The zero-order chi connectivity index (χ0) is 12.1. The first-order valence-corrected chi connectivity index (χ1v) is 5.36. The van der Waals surface area contributed by atoms with E-state index in [1.165, 1.54) is 17.1 Å². The molecule has 1 aromatic heterocycles. The van der Waals surface area contributed by atoms with Crippen LogP contribution < -0.4 is 5.32 Å². The Morgan fingerprint density at radius 1 is 1.41 bits per heavy atom. The summed E-state index contributed by atoms with van der Waals surface area (Å²) in [6, 6.07) is 8.08. The van der Waals surface area contributed by atoms with Crippen molar-refractivity contribution in [1.29, 1.82) is 0 Å². The van der Waals surface area contributed by atoms with Gasteiger partial charge in [-0.05, 0) is 18.1 Å². The number of hydrogen-bond donors (Lipinski definition) is 2. The molecule has 88 valence electrons. The third-order valence-corrected chi connectivity index (χ3v) is 2.53. The van der Waals surface area contributed by atoms with Crippen LogP contribution in [0, 0.1) is 10.1 Å². The van der Waals surface area contributed by atoms with Gasteiger partial charge in [0.15, 0.2) is 0 Å². The Bertz CT molecular complexity index is 545. The molecule has 2 aromatic rings. The van der Waals surface area contributed by atoms with Crippen LogP contribution in [-0.2, 0) is 6.42 Å². The third kappa shape index (κ3) is 2.84. The van der Waals surface area contributed by atoms with Crippen LogP contribution in [0.1, 0.15) is 5.56 Å². The zero-order valence-electron chi connectivity index (χ0n) is 9.22. The number of para-hydroxylation sites is 1. The van der Waals surface area contributed by atoms with Crippen LogP contribution in [0.15, 0.2) is 42.9 Å². The molecule has 0 fully saturated rings. The number of nitrogens with zero attached hydrogens (tertiary/aromatic N) is 1. The molecule has 0 saturated carbocycles. The number of fused-ring (bicyclic) bond motifs is 1. The topological polar surface area (TPSA) is 71.0 Å². The fourth-order valence-electron chi connectivity index (χ4n) is 1.74. The van der Waals surface area contributed by atoms with Crippen molar-refractivity contribution >= 4 is 10.9 Å². The van der Waals surface area contributed by atoms with Crippen LogP contribution in [0.4, 0.5) is 0 Å². The summed E-state index contributed by atoms with van der Waals surface area (Å²) in [4.78, 5) is 12.7. The number of rotatable bonds is 5. The number of aromatic amines is 1. The molecule has 0 aliphatic rings. The highest BCUT2D eigenvalue weighted by atomic mass is 16.6. The number of hydrogen-bond acceptors (Lipinski definition) is 3. The molecule has 2 rings (SSSR count). The Balaban J connectivity index is 1.93. The molecule has 2 N–H and O–H groups in total. The lowest BCUT2D eigenvalue weighted by Gasteiger charge is -1.99. The molecule has 5 heteroatoms. The van der Waals surface area contributed by atoms with E-state index in [2.05, 4.69) is 16.4 Å². The summed E-state index contributed by atoms with van der Waals surface area (Å²) in [5, 5.41) is 14.1. The molecule has 0 radical (unpaired) electrons. The van der Waals surface area contributed by atoms with Crippen LogP contribution >= 0.6 is 0 Å². The van der Waals surface area contributed by atoms with Crippen LogP contribution in [0.2, 0.25) is 0 Å². The van der Waals surface area contributed by atoms with E-state index in [9.17, 15) is 10.1 Å². The van der Waals surface area contributed by atoms with Crippen molar-refractivity contribution in [2.45, 2.75) is 6.42 Å². The Labute approximate surface area is 98.3 Å². The lowest BCUT2D eigenvalue weighted by Crippen LogP contribution is -2.10. The van der Waals surface area contributed by atoms with Gasteiger partial charge >= 0.3 is 0 Å². The molecular formula is C12H13N3O2. The molecular weight excluding hydrogens is 218 g/mol. The zero-order valence-corrected chi connectivity index (χ0v) is 9.22. The first kappa shape index (κ1) is 11.2. The van der Waals surface area contributed by atoms with Crippen LogP contribution in [-0.4, -0.2) is 16.5 Å². The maximum atomic E-state index is 10.0. The maximum absolute atomic E-state index is 10.0. The molecule has 0 amide bonds. The molecule has 0 atom stereocenters. The summed E-state index contributed by atoms with van der Waals surface area (Å²) < 4.78 is 0. The fourth-order valence-corrected chi connectivity index (χ4v) is 1.74. The average Bonchev–Trinajstić information content (AvgIpc) is 2.72. The van der Waals surface area contributed by atoms with Gasteiger partial charge in [0.25, 0.3) is 0 Å². The molecule has 0 aliphatic heterocycles. The van der Waals surface area contributed by atoms with Crippen molar-refractivity contribution in [3.63, 3.8) is 0 Å². The van der Waals surface area contributed by atoms with Crippen LogP contribution in [0.25, 0.3) is 10.9 Å². The minimum absolute atomic E-state index is 0.487. The monoisotopic (exact) mass is 231 g/mol. The van der Waals surface area contributed by atoms with Crippen molar-refractivity contribution in [3.8, 4) is 0 Å². The van der Waals surface area contributed by atoms with Gasteiger partial charge in [-0.2, -0.15) is 0 Å². The molecule has 1 heterocycles. The van der Waals surface area contributed by atoms with Crippen molar-refractivity contribution in [1.82, 2.24) is 10.3 Å². The molecule has 0 saturated heterocycles. The number of nitrogens with one attached hydrogen (secondary N) is 2. The number of nitro groups is 1. The lowest BCUT2D eigenvalue weighted by molar-refractivity contribution is -0.402. The van der Waals surface area contributed by atoms with Crippen LogP contribution in [0.3, 0.4) is 0 Å². The largest absolute Gasteiger partial charge is 0.386 e. The fraction of sp³-hybridized carbons (Fsp3) is 0.167. The summed E-state index contributed by atoms with van der Waals surface area (Å²) >= 11 is 0. The quantitative estimate of drug-likeness (QED) is 0.470. The smallest absolute Gasteiger partial charge is 0.249 e. The van der Waals surface area contributed by atoms with Gasteiger partial charge in [-0.25, -0.2) is 0 Å². The molecule has 17 heavy (non-hydrogen) atoms. The van der Waals surface area contributed by atoms with Gasteiger partial charge in [0.05, 0.1) is 11.1 Å². The van der Waals surface area contributed by atoms with E-state index in [-0.39, 0.29) is 0 Å². The van der Waals surface area contributed by atoms with Crippen molar-refractivity contribution in [2.24, 2.45) is 0 Å². The van der Waals surface area contributed by atoms with E-state index in [1.54, 1.807) is 0 Å². The summed E-state index contributed by atoms with van der Waals surface area (Å²) in [6.45, 7) is 0.673. The maximum Gasteiger partial charge on any atom is 0.249 e. The van der Waals surface area contributed by atoms with Gasteiger partial charge < -0.3 is 10.3 Å². The van der Waals surface area contributed by atoms with Gasteiger partial charge in [-0.15, -0.1) is 0 Å². The van der Waals surface area contributed by atoms with Gasteiger partial charge in [-0.3, -0.25) is 10.1 Å². The van der Waals surface area contributed by atoms with E-state index >= 15 is 0 Å². The minimum Gasteiger partial charge on any atom is -0.386 e. The van der Waals surface area contributed by atoms with Gasteiger partial charge in [0, 0.05) is 23.6 Å². The van der Waals surface area contributed by atoms with Crippen molar-refractivity contribution < 1.29 is 4.92 Å². The highest BCUT2D eigenvalue weighted by Crippen LogP contribution is 2.17.